The molecule has 0 saturated carbocycles. The number of guanidine groups is 1. The van der Waals surface area contributed by atoms with Crippen LogP contribution >= 0.6 is 35.3 Å². The van der Waals surface area contributed by atoms with E-state index in [1.165, 1.54) is 9.75 Å². The summed E-state index contributed by atoms with van der Waals surface area (Å²) >= 11 is 1.85. The molecule has 5 heteroatoms. The van der Waals surface area contributed by atoms with Crippen molar-refractivity contribution >= 4 is 41.3 Å². The first-order valence-corrected chi connectivity index (χ1v) is 6.52. The lowest BCUT2D eigenvalue weighted by Gasteiger charge is -2.16. The van der Waals surface area contributed by atoms with Crippen LogP contribution in [0.2, 0.25) is 0 Å². The van der Waals surface area contributed by atoms with Crippen molar-refractivity contribution < 1.29 is 0 Å². The highest BCUT2D eigenvalue weighted by molar-refractivity contribution is 14.0. The van der Waals surface area contributed by atoms with E-state index in [0.29, 0.717) is 0 Å². The van der Waals surface area contributed by atoms with Gasteiger partial charge in [0.05, 0.1) is 6.54 Å². The van der Waals surface area contributed by atoms with Crippen LogP contribution in [0.1, 0.15) is 23.6 Å². The van der Waals surface area contributed by atoms with Crippen LogP contribution < -0.4 is 5.32 Å². The predicted octanol–water partition coefficient (Wildman–Crippen LogP) is 2.96. The molecule has 0 fully saturated rings. The number of rotatable bonds is 4. The summed E-state index contributed by atoms with van der Waals surface area (Å²) in [6.45, 7) is 5.94. The average molecular weight is 367 g/mol. The minimum atomic E-state index is 0. The van der Waals surface area contributed by atoms with E-state index in [2.05, 4.69) is 36.3 Å². The second-order valence-corrected chi connectivity index (χ2v) is 5.04. The molecular formula is C12H22IN3S. The second kappa shape index (κ2) is 8.74. The van der Waals surface area contributed by atoms with E-state index in [4.69, 9.17) is 0 Å². The highest BCUT2D eigenvalue weighted by Crippen LogP contribution is 2.17. The monoisotopic (exact) mass is 367 g/mol. The zero-order valence-electron chi connectivity index (χ0n) is 11.0. The number of halogens is 1. The summed E-state index contributed by atoms with van der Waals surface area (Å²) in [6, 6.07) is 4.37. The Bertz CT molecular complexity index is 347. The zero-order chi connectivity index (χ0) is 12.0. The van der Waals surface area contributed by atoms with Crippen LogP contribution in [0.4, 0.5) is 0 Å². The van der Waals surface area contributed by atoms with Crippen molar-refractivity contribution in [2.24, 2.45) is 4.99 Å². The topological polar surface area (TPSA) is 27.6 Å². The van der Waals surface area contributed by atoms with Crippen molar-refractivity contribution in [2.45, 2.75) is 26.8 Å². The molecule has 0 atom stereocenters. The number of nitrogens with one attached hydrogen (secondary N) is 1. The quantitative estimate of drug-likeness (QED) is 0.503. The van der Waals surface area contributed by atoms with Crippen LogP contribution in [0.25, 0.3) is 0 Å². The van der Waals surface area contributed by atoms with Crippen LogP contribution in [-0.2, 0) is 13.0 Å². The number of aryl methyl sites for hydroxylation is 1. The molecule has 0 aromatic carbocycles. The molecule has 0 bridgehead atoms. The summed E-state index contributed by atoms with van der Waals surface area (Å²) in [4.78, 5) is 9.34. The molecule has 17 heavy (non-hydrogen) atoms. The SMILES string of the molecule is CCNC(=NCc1ccc(CC)s1)N(C)C.I. The Labute approximate surface area is 125 Å². The molecule has 98 valence electrons. The van der Waals surface area contributed by atoms with Gasteiger partial charge in [-0.3, -0.25) is 0 Å². The fourth-order valence-corrected chi connectivity index (χ4v) is 2.25. The Morgan fingerprint density at radius 2 is 1.94 bits per heavy atom. The Kier molecular flexibility index (Phi) is 8.59. The average Bonchev–Trinajstić information content (AvgIpc) is 2.71. The van der Waals surface area contributed by atoms with Gasteiger partial charge in [-0.2, -0.15) is 0 Å². The Balaban J connectivity index is 0.00000256. The third kappa shape index (κ3) is 5.72. The third-order valence-corrected chi connectivity index (χ3v) is 3.42. The van der Waals surface area contributed by atoms with E-state index in [9.17, 15) is 0 Å². The summed E-state index contributed by atoms with van der Waals surface area (Å²) in [5, 5.41) is 3.25. The van der Waals surface area contributed by atoms with E-state index in [1.54, 1.807) is 0 Å². The molecule has 0 aliphatic heterocycles. The summed E-state index contributed by atoms with van der Waals surface area (Å²) < 4.78 is 0. The van der Waals surface area contributed by atoms with Gasteiger partial charge in [0.15, 0.2) is 5.96 Å². The Morgan fingerprint density at radius 1 is 1.29 bits per heavy atom. The van der Waals surface area contributed by atoms with Gasteiger partial charge in [0, 0.05) is 30.4 Å². The molecule has 1 aromatic heterocycles. The van der Waals surface area contributed by atoms with Crippen molar-refractivity contribution in [2.75, 3.05) is 20.6 Å². The molecule has 1 rings (SSSR count). The second-order valence-electron chi connectivity index (χ2n) is 3.79. The zero-order valence-corrected chi connectivity index (χ0v) is 14.1. The smallest absolute Gasteiger partial charge is 0.193 e. The largest absolute Gasteiger partial charge is 0.357 e. The predicted molar refractivity (Wildman–Crippen MR) is 87.6 cm³/mol. The Hall–Kier alpha value is -0.300. The van der Waals surface area contributed by atoms with E-state index < -0.39 is 0 Å². The first-order valence-electron chi connectivity index (χ1n) is 5.70. The molecule has 1 N–H and O–H groups in total. The van der Waals surface area contributed by atoms with Crippen molar-refractivity contribution in [3.63, 3.8) is 0 Å². The fourth-order valence-electron chi connectivity index (χ4n) is 1.36. The number of hydrogen-bond acceptors (Lipinski definition) is 2. The number of nitrogens with zero attached hydrogens (tertiary/aromatic N) is 2. The third-order valence-electron chi connectivity index (χ3n) is 2.21. The number of hydrogen-bond donors (Lipinski definition) is 1. The van der Waals surface area contributed by atoms with Gasteiger partial charge in [0.25, 0.3) is 0 Å². The molecule has 0 amide bonds. The van der Waals surface area contributed by atoms with Crippen LogP contribution in [0.15, 0.2) is 17.1 Å². The highest BCUT2D eigenvalue weighted by atomic mass is 127. The lowest BCUT2D eigenvalue weighted by molar-refractivity contribution is 0.583. The summed E-state index contributed by atoms with van der Waals surface area (Å²) in [7, 11) is 4.01. The molecule has 0 unspecified atom stereocenters. The van der Waals surface area contributed by atoms with Crippen LogP contribution in [0, 0.1) is 0 Å². The summed E-state index contributed by atoms with van der Waals surface area (Å²) in [6.07, 6.45) is 1.11. The van der Waals surface area contributed by atoms with Crippen LogP contribution in [0.3, 0.4) is 0 Å². The highest BCUT2D eigenvalue weighted by Gasteiger charge is 2.01. The standard InChI is InChI=1S/C12H21N3S.HI/c1-5-10-7-8-11(16-10)9-14-12(13-6-2)15(3)4;/h7-8H,5-6,9H2,1-4H3,(H,13,14);1H. The maximum absolute atomic E-state index is 4.57. The lowest BCUT2D eigenvalue weighted by atomic mass is 10.4. The molecule has 0 radical (unpaired) electrons. The van der Waals surface area contributed by atoms with E-state index in [0.717, 1.165) is 25.5 Å². The molecule has 3 nitrogen and oxygen atoms in total. The van der Waals surface area contributed by atoms with Gasteiger partial charge in [-0.15, -0.1) is 35.3 Å². The Morgan fingerprint density at radius 3 is 2.41 bits per heavy atom. The van der Waals surface area contributed by atoms with E-state index in [1.807, 2.05) is 30.3 Å². The van der Waals surface area contributed by atoms with Gasteiger partial charge in [0.1, 0.15) is 0 Å². The molecule has 0 saturated heterocycles. The van der Waals surface area contributed by atoms with Gasteiger partial charge in [-0.25, -0.2) is 4.99 Å². The number of aliphatic imine (C=N–C) groups is 1. The van der Waals surface area contributed by atoms with Crippen molar-refractivity contribution in [3.05, 3.63) is 21.9 Å². The van der Waals surface area contributed by atoms with Crippen molar-refractivity contribution in [3.8, 4) is 0 Å². The molecular weight excluding hydrogens is 345 g/mol. The van der Waals surface area contributed by atoms with Crippen LogP contribution in [0.5, 0.6) is 0 Å². The maximum Gasteiger partial charge on any atom is 0.193 e. The fraction of sp³-hybridized carbons (Fsp3) is 0.583. The first-order chi connectivity index (χ1) is 7.67. The minimum Gasteiger partial charge on any atom is -0.357 e. The van der Waals surface area contributed by atoms with Crippen molar-refractivity contribution in [1.82, 2.24) is 10.2 Å². The molecule has 1 heterocycles. The normalized spacial score (nSPS) is 10.9. The molecule has 0 aliphatic carbocycles. The summed E-state index contributed by atoms with van der Waals surface area (Å²) in [5.41, 5.74) is 0. The lowest BCUT2D eigenvalue weighted by Crippen LogP contribution is -2.36. The minimum absolute atomic E-state index is 0. The van der Waals surface area contributed by atoms with E-state index >= 15 is 0 Å². The van der Waals surface area contributed by atoms with Gasteiger partial charge >= 0.3 is 0 Å². The van der Waals surface area contributed by atoms with Gasteiger partial charge in [-0.05, 0) is 25.5 Å². The van der Waals surface area contributed by atoms with E-state index in [-0.39, 0.29) is 24.0 Å². The van der Waals surface area contributed by atoms with Crippen molar-refractivity contribution in [1.29, 1.82) is 0 Å². The van der Waals surface area contributed by atoms with Gasteiger partial charge in [0.2, 0.25) is 0 Å². The summed E-state index contributed by atoms with van der Waals surface area (Å²) in [5.74, 6) is 0.953. The molecule has 0 aliphatic rings. The van der Waals surface area contributed by atoms with Crippen LogP contribution in [-0.4, -0.2) is 31.5 Å². The maximum atomic E-state index is 4.57. The first kappa shape index (κ1) is 16.7. The van der Waals surface area contributed by atoms with Gasteiger partial charge < -0.3 is 10.2 Å². The molecule has 0 spiro atoms. The number of thiophene rings is 1. The van der Waals surface area contributed by atoms with Gasteiger partial charge in [-0.1, -0.05) is 6.92 Å². The molecule has 1 aromatic rings.